The number of benzene rings is 2. The van der Waals surface area contributed by atoms with Gasteiger partial charge in [0.2, 0.25) is 0 Å². The number of nitrogens with one attached hydrogen (secondary N) is 2. The summed E-state index contributed by atoms with van der Waals surface area (Å²) in [5, 5.41) is 3.17. The molecule has 10 heteroatoms. The molecule has 0 bridgehead atoms. The lowest BCUT2D eigenvalue weighted by atomic mass is 10.2. The number of H-pyrrole nitrogens is 1. The van der Waals surface area contributed by atoms with Crippen molar-refractivity contribution in [3.05, 3.63) is 85.4 Å². The number of rotatable bonds is 7. The van der Waals surface area contributed by atoms with E-state index in [1.807, 2.05) is 0 Å². The summed E-state index contributed by atoms with van der Waals surface area (Å²) in [5.41, 5.74) is -0.440. The second-order valence-corrected chi connectivity index (χ2v) is 7.19. The quantitative estimate of drug-likeness (QED) is 0.576. The number of amides is 1. The summed E-state index contributed by atoms with van der Waals surface area (Å²) < 4.78 is 19.6. The minimum absolute atomic E-state index is 0.00903. The Kier molecular flexibility index (Phi) is 6.59. The molecule has 7 nitrogen and oxygen atoms in total. The first-order chi connectivity index (χ1) is 14.2. The van der Waals surface area contributed by atoms with Crippen LogP contribution in [0, 0.1) is 5.82 Å². The zero-order chi connectivity index (χ0) is 21.8. The summed E-state index contributed by atoms with van der Waals surface area (Å²) in [6.07, 6.45) is 0.142. The molecule has 3 aromatic rings. The molecule has 0 atom stereocenters. The number of aromatic amines is 1. The van der Waals surface area contributed by atoms with Crippen LogP contribution in [0.1, 0.15) is 6.42 Å². The van der Waals surface area contributed by atoms with Crippen molar-refractivity contribution in [1.29, 1.82) is 0 Å². The van der Waals surface area contributed by atoms with E-state index in [0.29, 0.717) is 15.9 Å². The molecule has 0 saturated heterocycles. The highest BCUT2D eigenvalue weighted by molar-refractivity contribution is 6.31. The Morgan fingerprint density at radius 1 is 1.20 bits per heavy atom. The van der Waals surface area contributed by atoms with E-state index in [9.17, 15) is 18.8 Å². The highest BCUT2D eigenvalue weighted by Crippen LogP contribution is 2.20. The van der Waals surface area contributed by atoms with Crippen LogP contribution >= 0.6 is 23.2 Å². The monoisotopic (exact) mass is 451 g/mol. The minimum Gasteiger partial charge on any atom is -0.484 e. The van der Waals surface area contributed by atoms with Crippen molar-refractivity contribution in [1.82, 2.24) is 14.9 Å². The lowest BCUT2D eigenvalue weighted by Crippen LogP contribution is -2.36. The zero-order valence-corrected chi connectivity index (χ0v) is 17.0. The maximum atomic E-state index is 13.4. The van der Waals surface area contributed by atoms with Crippen molar-refractivity contribution in [3.63, 3.8) is 0 Å². The van der Waals surface area contributed by atoms with Crippen LogP contribution in [0.3, 0.4) is 0 Å². The molecule has 0 aliphatic carbocycles. The highest BCUT2D eigenvalue weighted by atomic mass is 35.5. The summed E-state index contributed by atoms with van der Waals surface area (Å²) in [4.78, 5) is 39.3. The molecule has 1 aromatic heterocycles. The first-order valence-electron chi connectivity index (χ1n) is 8.72. The minimum atomic E-state index is -0.660. The van der Waals surface area contributed by atoms with Crippen molar-refractivity contribution >= 4 is 40.0 Å². The number of allylic oxidation sites excluding steroid dienone is 1. The third kappa shape index (κ3) is 5.08. The number of carbonyl (C=O) groups excluding carboxylic acids is 1. The van der Waals surface area contributed by atoms with Gasteiger partial charge < -0.3 is 15.0 Å². The molecule has 0 saturated carbocycles. The van der Waals surface area contributed by atoms with Crippen molar-refractivity contribution in [2.75, 3.05) is 6.61 Å². The van der Waals surface area contributed by atoms with Crippen LogP contribution in [-0.4, -0.2) is 22.1 Å². The summed E-state index contributed by atoms with van der Waals surface area (Å²) in [6, 6.07) is 8.39. The van der Waals surface area contributed by atoms with Gasteiger partial charge in [-0.2, -0.15) is 0 Å². The van der Waals surface area contributed by atoms with E-state index < -0.39 is 23.0 Å². The van der Waals surface area contributed by atoms with Crippen LogP contribution in [0.2, 0.25) is 10.0 Å². The molecule has 0 aliphatic rings. The molecule has 0 radical (unpaired) electrons. The lowest BCUT2D eigenvalue weighted by molar-refractivity contribution is -0.122. The van der Waals surface area contributed by atoms with Gasteiger partial charge in [0.15, 0.2) is 6.61 Å². The predicted molar refractivity (Wildman–Crippen MR) is 113 cm³/mol. The van der Waals surface area contributed by atoms with Gasteiger partial charge in [0.1, 0.15) is 11.6 Å². The average Bonchev–Trinajstić information content (AvgIpc) is 2.68. The van der Waals surface area contributed by atoms with Gasteiger partial charge in [-0.15, -0.1) is 0 Å². The van der Waals surface area contributed by atoms with Gasteiger partial charge in [-0.25, -0.2) is 9.18 Å². The van der Waals surface area contributed by atoms with Crippen molar-refractivity contribution in [2.24, 2.45) is 0 Å². The standard InChI is InChI=1S/C20H16Cl2FN3O4/c1-11(24-18(27)10-30-13-3-5-15(22)16(23)9-13)6-7-26-19(28)14-4-2-12(21)8-17(14)25-20(26)29/h2-5,8-9H,1,6-7,10H2,(H,24,27)(H,25,29). The van der Waals surface area contributed by atoms with Crippen LogP contribution in [0.5, 0.6) is 5.75 Å². The van der Waals surface area contributed by atoms with Gasteiger partial charge in [-0.05, 0) is 30.3 Å². The van der Waals surface area contributed by atoms with Gasteiger partial charge in [0, 0.05) is 29.8 Å². The number of hydrogen-bond donors (Lipinski definition) is 2. The second-order valence-electron chi connectivity index (χ2n) is 6.34. The molecule has 0 unspecified atom stereocenters. The number of aromatic nitrogens is 2. The molecule has 3 rings (SSSR count). The van der Waals surface area contributed by atoms with E-state index in [4.69, 9.17) is 27.9 Å². The summed E-state index contributed by atoms with van der Waals surface area (Å²) in [5.74, 6) is -1.04. The van der Waals surface area contributed by atoms with Gasteiger partial charge in [0.25, 0.3) is 11.5 Å². The van der Waals surface area contributed by atoms with E-state index in [-0.39, 0.29) is 36.0 Å². The Hall–Kier alpha value is -3.10. The first-order valence-corrected chi connectivity index (χ1v) is 9.48. The summed E-state index contributed by atoms with van der Waals surface area (Å²) in [7, 11) is 0. The molecule has 0 aliphatic heterocycles. The van der Waals surface area contributed by atoms with E-state index >= 15 is 0 Å². The molecule has 1 amide bonds. The van der Waals surface area contributed by atoms with E-state index in [1.165, 1.54) is 24.3 Å². The first kappa shape index (κ1) is 21.6. The fourth-order valence-electron chi connectivity index (χ4n) is 2.69. The number of fused-ring (bicyclic) bond motifs is 1. The molecular weight excluding hydrogens is 436 g/mol. The Morgan fingerprint density at radius 3 is 2.70 bits per heavy atom. The summed E-state index contributed by atoms with van der Waals surface area (Å²) in [6.45, 7) is 3.35. The van der Waals surface area contributed by atoms with Crippen LogP contribution < -0.4 is 21.3 Å². The summed E-state index contributed by atoms with van der Waals surface area (Å²) >= 11 is 11.5. The Morgan fingerprint density at radius 2 is 1.97 bits per heavy atom. The molecule has 0 fully saturated rings. The average molecular weight is 452 g/mol. The molecule has 30 heavy (non-hydrogen) atoms. The molecule has 2 aromatic carbocycles. The fraction of sp³-hybridized carbons (Fsp3) is 0.150. The largest absolute Gasteiger partial charge is 0.484 e. The molecular formula is C20H16Cl2FN3O4. The van der Waals surface area contributed by atoms with Crippen LogP contribution in [0.25, 0.3) is 10.9 Å². The van der Waals surface area contributed by atoms with Crippen molar-refractivity contribution in [3.8, 4) is 5.75 Å². The third-order valence-corrected chi connectivity index (χ3v) is 4.70. The SMILES string of the molecule is C=C(CCn1c(=O)[nH]c2cc(Cl)ccc2c1=O)NC(=O)COc1ccc(Cl)c(F)c1. The normalized spacial score (nSPS) is 10.8. The number of ether oxygens (including phenoxy) is 1. The van der Waals surface area contributed by atoms with E-state index in [0.717, 1.165) is 10.6 Å². The number of halogens is 3. The number of hydrogen-bond acceptors (Lipinski definition) is 4. The molecule has 1 heterocycles. The smallest absolute Gasteiger partial charge is 0.328 e. The van der Waals surface area contributed by atoms with Crippen molar-refractivity contribution in [2.45, 2.75) is 13.0 Å². The second kappa shape index (κ2) is 9.15. The molecule has 2 N–H and O–H groups in total. The Labute approximate surface area is 179 Å². The lowest BCUT2D eigenvalue weighted by Gasteiger charge is -2.11. The zero-order valence-electron chi connectivity index (χ0n) is 15.5. The molecule has 156 valence electrons. The topological polar surface area (TPSA) is 93.2 Å². The maximum absolute atomic E-state index is 13.4. The van der Waals surface area contributed by atoms with E-state index in [1.54, 1.807) is 6.07 Å². The maximum Gasteiger partial charge on any atom is 0.328 e. The van der Waals surface area contributed by atoms with Gasteiger partial charge in [-0.1, -0.05) is 29.8 Å². The van der Waals surface area contributed by atoms with Crippen LogP contribution in [0.4, 0.5) is 4.39 Å². The molecule has 0 spiro atoms. The predicted octanol–water partition coefficient (Wildman–Crippen LogP) is 3.23. The number of nitrogens with zero attached hydrogens (tertiary/aromatic N) is 1. The van der Waals surface area contributed by atoms with Gasteiger partial charge in [0.05, 0.1) is 15.9 Å². The van der Waals surface area contributed by atoms with Crippen LogP contribution in [0.15, 0.2) is 58.3 Å². The van der Waals surface area contributed by atoms with Gasteiger partial charge in [-0.3, -0.25) is 14.2 Å². The Bertz CT molecular complexity index is 1250. The van der Waals surface area contributed by atoms with Crippen molar-refractivity contribution < 1.29 is 13.9 Å². The number of carbonyl (C=O) groups is 1. The Balaban J connectivity index is 1.58. The van der Waals surface area contributed by atoms with Crippen LogP contribution in [-0.2, 0) is 11.3 Å². The van der Waals surface area contributed by atoms with Gasteiger partial charge >= 0.3 is 5.69 Å². The third-order valence-electron chi connectivity index (χ3n) is 4.16. The van der Waals surface area contributed by atoms with E-state index in [2.05, 4.69) is 16.9 Å². The highest BCUT2D eigenvalue weighted by Gasteiger charge is 2.10. The fourth-order valence-corrected chi connectivity index (χ4v) is 2.98.